The number of carboxylic acids is 1. The molecule has 2 amide bonds. The number of carbonyl (C=O) groups excluding carboxylic acids is 1. The maximum absolute atomic E-state index is 11.7. The lowest BCUT2D eigenvalue weighted by Crippen LogP contribution is -2.48. The third-order valence-electron chi connectivity index (χ3n) is 4.05. The van der Waals surface area contributed by atoms with Crippen molar-refractivity contribution in [3.8, 4) is 0 Å². The van der Waals surface area contributed by atoms with E-state index >= 15 is 0 Å². The van der Waals surface area contributed by atoms with Crippen molar-refractivity contribution in [2.45, 2.75) is 53.4 Å². The Bertz CT molecular complexity index is 353. The molecule has 1 fully saturated rings. The van der Waals surface area contributed by atoms with Crippen LogP contribution in [0.2, 0.25) is 0 Å². The van der Waals surface area contributed by atoms with Crippen molar-refractivity contribution in [2.24, 2.45) is 16.7 Å². The van der Waals surface area contributed by atoms with E-state index in [-0.39, 0.29) is 18.0 Å². The van der Waals surface area contributed by atoms with E-state index in [1.54, 1.807) is 0 Å². The quantitative estimate of drug-likeness (QED) is 0.742. The monoisotopic (exact) mass is 284 g/mol. The lowest BCUT2D eigenvalue weighted by molar-refractivity contribution is -0.151. The second-order valence-electron chi connectivity index (χ2n) is 7.36. The molecular formula is C15H28N2O3. The molecule has 0 spiro atoms. The van der Waals surface area contributed by atoms with Gasteiger partial charge in [-0.1, -0.05) is 27.7 Å². The summed E-state index contributed by atoms with van der Waals surface area (Å²) in [4.78, 5) is 23.3. The minimum absolute atomic E-state index is 0.0160. The number of hydrogen-bond donors (Lipinski definition) is 3. The van der Waals surface area contributed by atoms with Gasteiger partial charge in [-0.15, -0.1) is 0 Å². The van der Waals surface area contributed by atoms with Crippen LogP contribution < -0.4 is 10.6 Å². The second kappa shape index (κ2) is 6.46. The van der Waals surface area contributed by atoms with Crippen molar-refractivity contribution < 1.29 is 14.7 Å². The van der Waals surface area contributed by atoms with Crippen LogP contribution in [-0.2, 0) is 4.79 Å². The molecule has 0 heterocycles. The Labute approximate surface area is 121 Å². The minimum Gasteiger partial charge on any atom is -0.481 e. The third kappa shape index (κ3) is 5.02. The predicted molar refractivity (Wildman–Crippen MR) is 78.6 cm³/mol. The van der Waals surface area contributed by atoms with E-state index in [4.69, 9.17) is 0 Å². The van der Waals surface area contributed by atoms with Crippen LogP contribution in [0.4, 0.5) is 4.79 Å². The van der Waals surface area contributed by atoms with Crippen molar-refractivity contribution in [3.05, 3.63) is 0 Å². The van der Waals surface area contributed by atoms with Crippen molar-refractivity contribution in [3.63, 3.8) is 0 Å². The van der Waals surface area contributed by atoms with Crippen molar-refractivity contribution in [1.82, 2.24) is 10.6 Å². The highest BCUT2D eigenvalue weighted by Crippen LogP contribution is 2.38. The molecule has 5 heteroatoms. The van der Waals surface area contributed by atoms with Crippen LogP contribution in [0.3, 0.4) is 0 Å². The van der Waals surface area contributed by atoms with Crippen LogP contribution in [-0.4, -0.2) is 30.2 Å². The third-order valence-corrected chi connectivity index (χ3v) is 4.05. The fraction of sp³-hybridized carbons (Fsp3) is 0.867. The second-order valence-corrected chi connectivity index (χ2v) is 7.36. The predicted octanol–water partition coefficient (Wildman–Crippen LogP) is 2.61. The summed E-state index contributed by atoms with van der Waals surface area (Å²) in [6.07, 6.45) is 3.11. The van der Waals surface area contributed by atoms with Gasteiger partial charge in [-0.3, -0.25) is 4.79 Å². The lowest BCUT2D eigenvalue weighted by Gasteiger charge is -2.35. The van der Waals surface area contributed by atoms with Gasteiger partial charge in [0.15, 0.2) is 0 Å². The van der Waals surface area contributed by atoms with Crippen LogP contribution in [0.25, 0.3) is 0 Å². The first kappa shape index (κ1) is 16.8. The topological polar surface area (TPSA) is 78.4 Å². The minimum atomic E-state index is -0.791. The van der Waals surface area contributed by atoms with E-state index in [0.29, 0.717) is 25.3 Å². The summed E-state index contributed by atoms with van der Waals surface area (Å²) in [5, 5.41) is 15.0. The van der Waals surface area contributed by atoms with E-state index < -0.39 is 11.4 Å². The van der Waals surface area contributed by atoms with Crippen LogP contribution in [0.5, 0.6) is 0 Å². The van der Waals surface area contributed by atoms with Gasteiger partial charge in [-0.25, -0.2) is 4.79 Å². The molecule has 0 aromatic rings. The molecule has 0 radical (unpaired) electrons. The van der Waals surface area contributed by atoms with Gasteiger partial charge in [0, 0.05) is 13.1 Å². The van der Waals surface area contributed by atoms with E-state index in [2.05, 4.69) is 17.6 Å². The van der Waals surface area contributed by atoms with Gasteiger partial charge >= 0.3 is 12.0 Å². The molecule has 0 atom stereocenters. The zero-order valence-electron chi connectivity index (χ0n) is 13.1. The maximum Gasteiger partial charge on any atom is 0.314 e. The van der Waals surface area contributed by atoms with Crippen LogP contribution in [0, 0.1) is 16.7 Å². The van der Waals surface area contributed by atoms with Crippen LogP contribution in [0.15, 0.2) is 0 Å². The smallest absolute Gasteiger partial charge is 0.314 e. The fourth-order valence-corrected chi connectivity index (χ4v) is 2.44. The number of aliphatic carboxylic acids is 1. The Morgan fingerprint density at radius 3 is 2.20 bits per heavy atom. The standard InChI is InChI=1S/C15H28N2O3/c1-11-5-7-15(8-6-11,12(18)19)10-17-13(20)16-9-14(2,3)4/h11H,5-10H2,1-4H3,(H,18,19)(H2,16,17,20). The van der Waals surface area contributed by atoms with E-state index in [0.717, 1.165) is 12.8 Å². The number of carbonyl (C=O) groups is 2. The molecule has 3 N–H and O–H groups in total. The highest BCUT2D eigenvalue weighted by atomic mass is 16.4. The molecule has 1 rings (SSSR count). The SMILES string of the molecule is CC1CCC(CNC(=O)NCC(C)(C)C)(C(=O)O)CC1. The average Bonchev–Trinajstić information content (AvgIpc) is 2.35. The van der Waals surface area contributed by atoms with Gasteiger partial charge in [0.05, 0.1) is 5.41 Å². The highest BCUT2D eigenvalue weighted by molar-refractivity contribution is 5.78. The van der Waals surface area contributed by atoms with Gasteiger partial charge in [-0.05, 0) is 37.0 Å². The molecule has 0 aliphatic heterocycles. The normalized spacial score (nSPS) is 26.9. The van der Waals surface area contributed by atoms with E-state index in [1.807, 2.05) is 20.8 Å². The first-order valence-electron chi connectivity index (χ1n) is 7.40. The molecule has 0 aromatic heterocycles. The van der Waals surface area contributed by atoms with E-state index in [9.17, 15) is 14.7 Å². The van der Waals surface area contributed by atoms with Gasteiger partial charge < -0.3 is 15.7 Å². The Kier molecular flexibility index (Phi) is 5.42. The number of urea groups is 1. The van der Waals surface area contributed by atoms with Crippen LogP contribution in [0.1, 0.15) is 53.4 Å². The summed E-state index contributed by atoms with van der Waals surface area (Å²) in [5.41, 5.74) is -0.770. The van der Waals surface area contributed by atoms with Gasteiger partial charge in [-0.2, -0.15) is 0 Å². The van der Waals surface area contributed by atoms with Gasteiger partial charge in [0.1, 0.15) is 0 Å². The number of nitrogens with one attached hydrogen (secondary N) is 2. The summed E-state index contributed by atoms with van der Waals surface area (Å²) in [5.74, 6) is -0.210. The molecule has 20 heavy (non-hydrogen) atoms. The molecule has 1 aliphatic rings. The summed E-state index contributed by atoms with van der Waals surface area (Å²) in [6.45, 7) is 9.04. The van der Waals surface area contributed by atoms with Crippen molar-refractivity contribution in [1.29, 1.82) is 0 Å². The van der Waals surface area contributed by atoms with Crippen molar-refractivity contribution in [2.75, 3.05) is 13.1 Å². The number of amides is 2. The summed E-state index contributed by atoms with van der Waals surface area (Å²) in [6, 6.07) is -0.279. The lowest BCUT2D eigenvalue weighted by atomic mass is 9.71. The molecule has 5 nitrogen and oxygen atoms in total. The largest absolute Gasteiger partial charge is 0.481 e. The Morgan fingerprint density at radius 2 is 1.75 bits per heavy atom. The van der Waals surface area contributed by atoms with Gasteiger partial charge in [0.25, 0.3) is 0 Å². The first-order chi connectivity index (χ1) is 9.15. The number of rotatable bonds is 4. The average molecular weight is 284 g/mol. The molecule has 0 unspecified atom stereocenters. The Balaban J connectivity index is 2.48. The Hall–Kier alpha value is -1.26. The number of carboxylic acid groups (broad SMARTS) is 1. The molecule has 0 saturated heterocycles. The van der Waals surface area contributed by atoms with Gasteiger partial charge in [0.2, 0.25) is 0 Å². The molecule has 116 valence electrons. The summed E-state index contributed by atoms with van der Waals surface area (Å²) < 4.78 is 0. The molecule has 0 bridgehead atoms. The zero-order valence-corrected chi connectivity index (χ0v) is 13.1. The maximum atomic E-state index is 11.7. The summed E-state index contributed by atoms with van der Waals surface area (Å²) in [7, 11) is 0. The van der Waals surface area contributed by atoms with E-state index in [1.165, 1.54) is 0 Å². The molecule has 0 aromatic carbocycles. The summed E-state index contributed by atoms with van der Waals surface area (Å²) >= 11 is 0. The van der Waals surface area contributed by atoms with Crippen LogP contribution >= 0.6 is 0 Å². The zero-order chi connectivity index (χ0) is 15.4. The number of hydrogen-bond acceptors (Lipinski definition) is 2. The highest BCUT2D eigenvalue weighted by Gasteiger charge is 2.41. The molecule has 1 aliphatic carbocycles. The Morgan fingerprint density at radius 1 is 1.20 bits per heavy atom. The molecular weight excluding hydrogens is 256 g/mol. The molecule has 1 saturated carbocycles. The van der Waals surface area contributed by atoms with Crippen molar-refractivity contribution >= 4 is 12.0 Å². The fourth-order valence-electron chi connectivity index (χ4n) is 2.44. The first-order valence-corrected chi connectivity index (χ1v) is 7.40.